The zero-order valence-electron chi connectivity index (χ0n) is 14.9. The fraction of sp³-hybridized carbons (Fsp3) is 0.750. The number of carbonyl (C=O) groups is 2. The lowest BCUT2D eigenvalue weighted by Gasteiger charge is -2.62. The Morgan fingerprint density at radius 3 is 2.68 bits per heavy atom. The summed E-state index contributed by atoms with van der Waals surface area (Å²) in [7, 11) is 0. The summed E-state index contributed by atoms with van der Waals surface area (Å²) in [5, 5.41) is 17.9. The van der Waals surface area contributed by atoms with Crippen LogP contribution in [0, 0.1) is 34.0 Å². The molecule has 6 atom stereocenters. The van der Waals surface area contributed by atoms with E-state index in [1.165, 1.54) is 0 Å². The summed E-state index contributed by atoms with van der Waals surface area (Å²) in [6, 6.07) is 0. The fourth-order valence-corrected chi connectivity index (χ4v) is 7.14. The monoisotopic (exact) mass is 344 g/mol. The summed E-state index contributed by atoms with van der Waals surface area (Å²) in [5.74, 6) is -0.482. The second-order valence-electron chi connectivity index (χ2n) is 9.05. The number of nitrogens with two attached hydrogens (primary N) is 1. The van der Waals surface area contributed by atoms with Crippen molar-refractivity contribution in [1.82, 2.24) is 0 Å². The lowest BCUT2D eigenvalue weighted by Crippen LogP contribution is -2.67. The second kappa shape index (κ2) is 5.26. The highest BCUT2D eigenvalue weighted by molar-refractivity contribution is 5.94. The van der Waals surface area contributed by atoms with Gasteiger partial charge in [0.05, 0.1) is 5.92 Å². The molecule has 0 aromatic heterocycles. The zero-order valence-corrected chi connectivity index (χ0v) is 14.9. The first-order valence-corrected chi connectivity index (χ1v) is 9.55. The van der Waals surface area contributed by atoms with Crippen LogP contribution < -0.4 is 5.73 Å². The Kier molecular flexibility index (Phi) is 3.56. The molecule has 136 valence electrons. The van der Waals surface area contributed by atoms with Crippen LogP contribution >= 0.6 is 0 Å². The van der Waals surface area contributed by atoms with E-state index in [1.807, 2.05) is 0 Å². The van der Waals surface area contributed by atoms with Gasteiger partial charge in [0.15, 0.2) is 5.78 Å². The van der Waals surface area contributed by atoms with Crippen LogP contribution in [-0.4, -0.2) is 28.6 Å². The van der Waals surface area contributed by atoms with Gasteiger partial charge in [-0.2, -0.15) is 0 Å². The number of hydrogen-bond acceptors (Lipinski definition) is 4. The maximum Gasteiger partial charge on any atom is 0.307 e. The highest BCUT2D eigenvalue weighted by Crippen LogP contribution is 2.67. The first kappa shape index (κ1) is 17.0. The van der Waals surface area contributed by atoms with Crippen LogP contribution in [0.4, 0.5) is 0 Å². The average Bonchev–Trinajstić information content (AvgIpc) is 2.93. The van der Waals surface area contributed by atoms with Crippen LogP contribution in [0.1, 0.15) is 58.3 Å². The number of hydrogen-bond donors (Lipinski definition) is 3. The van der Waals surface area contributed by atoms with Gasteiger partial charge in [-0.15, -0.1) is 0 Å². The van der Waals surface area contributed by atoms with Crippen molar-refractivity contribution in [2.45, 2.75) is 63.8 Å². The molecule has 0 radical (unpaired) electrons. The zero-order chi connectivity index (χ0) is 18.0. The Morgan fingerprint density at radius 2 is 2.00 bits per heavy atom. The number of ketones is 1. The summed E-state index contributed by atoms with van der Waals surface area (Å²) in [6.45, 7) is 2.13. The highest BCUT2D eigenvalue weighted by atomic mass is 16.4. The third kappa shape index (κ3) is 2.02. The molecule has 0 aliphatic heterocycles. The van der Waals surface area contributed by atoms with Crippen molar-refractivity contribution in [1.29, 1.82) is 5.41 Å². The molecule has 3 fully saturated rings. The molecular formula is C20H28N2O3. The van der Waals surface area contributed by atoms with Gasteiger partial charge in [-0.3, -0.25) is 9.59 Å². The largest absolute Gasteiger partial charge is 0.481 e. The van der Waals surface area contributed by atoms with Crippen molar-refractivity contribution in [3.05, 3.63) is 11.6 Å². The Balaban J connectivity index is 1.77. The van der Waals surface area contributed by atoms with Crippen LogP contribution in [0.2, 0.25) is 0 Å². The number of carbonyl (C=O) groups excluding carboxylic acids is 1. The lowest BCUT2D eigenvalue weighted by atomic mass is 9.43. The van der Waals surface area contributed by atoms with Crippen LogP contribution in [0.15, 0.2) is 11.6 Å². The number of allylic oxidation sites excluding steroid dienone is 1. The molecule has 0 spiro atoms. The van der Waals surface area contributed by atoms with Crippen LogP contribution in [0.3, 0.4) is 0 Å². The minimum Gasteiger partial charge on any atom is -0.481 e. The maximum absolute atomic E-state index is 11.9. The van der Waals surface area contributed by atoms with E-state index >= 15 is 0 Å². The van der Waals surface area contributed by atoms with Gasteiger partial charge in [0.1, 0.15) is 0 Å². The SMILES string of the molecule is CC12CCC3C4(C=N)CCC(=O)C=C4CCC3(N)C1CCC2C(=O)O. The van der Waals surface area contributed by atoms with Crippen molar-refractivity contribution in [2.75, 3.05) is 0 Å². The summed E-state index contributed by atoms with van der Waals surface area (Å²) in [6.07, 6.45) is 9.37. The van der Waals surface area contributed by atoms with E-state index in [9.17, 15) is 14.7 Å². The Bertz CT molecular complexity index is 686. The first-order valence-electron chi connectivity index (χ1n) is 9.55. The first-order chi connectivity index (χ1) is 11.8. The van der Waals surface area contributed by atoms with E-state index in [4.69, 9.17) is 11.1 Å². The van der Waals surface area contributed by atoms with Gasteiger partial charge < -0.3 is 16.2 Å². The summed E-state index contributed by atoms with van der Waals surface area (Å²) >= 11 is 0. The number of carboxylic acid groups (broad SMARTS) is 1. The Morgan fingerprint density at radius 1 is 1.24 bits per heavy atom. The molecule has 4 aliphatic rings. The van der Waals surface area contributed by atoms with E-state index in [0.29, 0.717) is 19.3 Å². The van der Waals surface area contributed by atoms with Gasteiger partial charge in [-0.25, -0.2) is 0 Å². The summed E-state index contributed by atoms with van der Waals surface area (Å²) in [4.78, 5) is 23.7. The molecule has 4 N–H and O–H groups in total. The van der Waals surface area contributed by atoms with Crippen molar-refractivity contribution in [3.63, 3.8) is 0 Å². The third-order valence-electron chi connectivity index (χ3n) is 8.33. The van der Waals surface area contributed by atoms with E-state index in [0.717, 1.165) is 37.7 Å². The average molecular weight is 344 g/mol. The van der Waals surface area contributed by atoms with E-state index < -0.39 is 11.5 Å². The van der Waals surface area contributed by atoms with Gasteiger partial charge >= 0.3 is 5.97 Å². The van der Waals surface area contributed by atoms with Crippen molar-refractivity contribution < 1.29 is 14.7 Å². The molecular weight excluding hydrogens is 316 g/mol. The van der Waals surface area contributed by atoms with E-state index in [-0.39, 0.29) is 34.4 Å². The van der Waals surface area contributed by atoms with Gasteiger partial charge in [0.25, 0.3) is 0 Å². The van der Waals surface area contributed by atoms with Gasteiger partial charge in [-0.05, 0) is 68.3 Å². The molecule has 4 rings (SSSR count). The normalized spacial score (nSPS) is 48.8. The molecule has 0 aromatic rings. The molecule has 5 nitrogen and oxygen atoms in total. The summed E-state index contributed by atoms with van der Waals surface area (Å²) in [5.41, 5.74) is 7.14. The van der Waals surface area contributed by atoms with Crippen LogP contribution in [0.25, 0.3) is 0 Å². The third-order valence-corrected chi connectivity index (χ3v) is 8.33. The molecule has 5 heteroatoms. The number of rotatable bonds is 2. The molecule has 0 saturated heterocycles. The van der Waals surface area contributed by atoms with Gasteiger partial charge in [0.2, 0.25) is 0 Å². The van der Waals surface area contributed by atoms with Crippen molar-refractivity contribution in [3.8, 4) is 0 Å². The summed E-state index contributed by atoms with van der Waals surface area (Å²) < 4.78 is 0. The minimum atomic E-state index is -0.687. The van der Waals surface area contributed by atoms with Gasteiger partial charge in [-0.1, -0.05) is 12.5 Å². The van der Waals surface area contributed by atoms with E-state index in [2.05, 4.69) is 6.92 Å². The minimum absolute atomic E-state index is 0.149. The van der Waals surface area contributed by atoms with Gasteiger partial charge in [0, 0.05) is 23.6 Å². The standard InChI is InChI=1S/C20H28N2O3/c1-18-7-6-16-19(11-21)8-5-13(23)10-12(19)4-9-20(16,22)15(18)3-2-14(18)17(24)25/h10-11,14-16,21H,2-9,22H2,1H3,(H,24,25). The Hall–Kier alpha value is -1.49. The van der Waals surface area contributed by atoms with Crippen molar-refractivity contribution >= 4 is 18.0 Å². The molecule has 3 saturated carbocycles. The topological polar surface area (TPSA) is 104 Å². The van der Waals surface area contributed by atoms with Crippen molar-refractivity contribution in [2.24, 2.45) is 34.3 Å². The molecule has 4 aliphatic carbocycles. The number of nitrogens with one attached hydrogen (secondary N) is 1. The molecule has 0 heterocycles. The predicted molar refractivity (Wildman–Crippen MR) is 94.4 cm³/mol. The smallest absolute Gasteiger partial charge is 0.307 e. The number of aliphatic carboxylic acids is 1. The molecule has 6 unspecified atom stereocenters. The predicted octanol–water partition coefficient (Wildman–Crippen LogP) is 2.93. The molecule has 25 heavy (non-hydrogen) atoms. The quantitative estimate of drug-likeness (QED) is 0.670. The second-order valence-corrected chi connectivity index (χ2v) is 9.05. The molecule has 0 bridgehead atoms. The van der Waals surface area contributed by atoms with Crippen LogP contribution in [-0.2, 0) is 9.59 Å². The lowest BCUT2D eigenvalue weighted by molar-refractivity contribution is -0.149. The fourth-order valence-electron chi connectivity index (χ4n) is 7.14. The van der Waals surface area contributed by atoms with E-state index in [1.54, 1.807) is 12.3 Å². The molecule has 0 amide bonds. The highest BCUT2D eigenvalue weighted by Gasteiger charge is 2.66. The Labute approximate surface area is 148 Å². The maximum atomic E-state index is 11.9. The number of carboxylic acids is 1. The van der Waals surface area contributed by atoms with Crippen LogP contribution in [0.5, 0.6) is 0 Å². The molecule has 0 aromatic carbocycles. The number of fused-ring (bicyclic) bond motifs is 5.